The molecule has 2 atom stereocenters. The minimum Gasteiger partial charge on any atom is -0.481 e. The summed E-state index contributed by atoms with van der Waals surface area (Å²) in [4.78, 5) is 57.2. The minimum atomic E-state index is -0.741. The van der Waals surface area contributed by atoms with Gasteiger partial charge >= 0.3 is 5.97 Å². The minimum absolute atomic E-state index is 0.0198. The van der Waals surface area contributed by atoms with Crippen LogP contribution >= 0.6 is 0 Å². The zero-order chi connectivity index (χ0) is 37.0. The van der Waals surface area contributed by atoms with Gasteiger partial charge in [0.2, 0.25) is 5.91 Å². The van der Waals surface area contributed by atoms with Gasteiger partial charge in [0, 0.05) is 47.2 Å². The average molecular weight is 734 g/mol. The van der Waals surface area contributed by atoms with Crippen molar-refractivity contribution in [2.75, 3.05) is 10.6 Å². The highest BCUT2D eigenvalue weighted by atomic mass is 16.4. The summed E-state index contributed by atoms with van der Waals surface area (Å²) < 4.78 is 0. The molecule has 6 N–H and O–H groups in total. The van der Waals surface area contributed by atoms with Crippen LogP contribution < -0.4 is 16.0 Å². The van der Waals surface area contributed by atoms with Crippen molar-refractivity contribution in [3.8, 4) is 0 Å². The Balaban J connectivity index is 0.000000136. The molecule has 11 rings (SSSR count). The Hall–Kier alpha value is -6.44. The van der Waals surface area contributed by atoms with Crippen LogP contribution in [-0.2, 0) is 48.4 Å². The quantitative estimate of drug-likeness (QED) is 0.117. The van der Waals surface area contributed by atoms with Gasteiger partial charge in [-0.1, -0.05) is 12.1 Å². The van der Waals surface area contributed by atoms with Crippen LogP contribution in [0.25, 0.3) is 22.1 Å². The number of nitrogens with zero attached hydrogens (tertiary/aromatic N) is 6. The summed E-state index contributed by atoms with van der Waals surface area (Å²) in [5, 5.41) is 21.3. The van der Waals surface area contributed by atoms with E-state index in [-0.39, 0.29) is 17.7 Å². The number of fused-ring (bicyclic) bond motifs is 8. The molecule has 0 spiro atoms. The lowest BCUT2D eigenvalue weighted by molar-refractivity contribution is -0.142. The van der Waals surface area contributed by atoms with Gasteiger partial charge in [-0.15, -0.1) is 0 Å². The van der Waals surface area contributed by atoms with Crippen LogP contribution in [0, 0.1) is 11.8 Å². The number of carboxylic acids is 1. The van der Waals surface area contributed by atoms with Gasteiger partial charge in [0.05, 0.1) is 29.8 Å². The smallest absolute Gasteiger partial charge is 0.306 e. The number of anilines is 4. The van der Waals surface area contributed by atoms with Crippen molar-refractivity contribution in [3.05, 3.63) is 93.8 Å². The molecular formula is C41H39N11O3. The molecule has 1 amide bonds. The molecule has 2 unspecified atom stereocenters. The molecule has 4 aromatic heterocycles. The number of carboxylic acid groups (broad SMARTS) is 1. The Kier molecular flexibility index (Phi) is 8.11. The zero-order valence-electron chi connectivity index (χ0n) is 30.0. The van der Waals surface area contributed by atoms with Crippen molar-refractivity contribution in [2.45, 2.75) is 70.5 Å². The van der Waals surface area contributed by atoms with E-state index in [0.29, 0.717) is 24.7 Å². The number of aliphatic carboxylic acids is 1. The summed E-state index contributed by atoms with van der Waals surface area (Å²) in [6, 6.07) is 12.8. The normalized spacial score (nSPS) is 18.9. The summed E-state index contributed by atoms with van der Waals surface area (Å²) in [7, 11) is 0. The molecule has 6 aromatic rings. The molecule has 1 saturated carbocycles. The van der Waals surface area contributed by atoms with Crippen molar-refractivity contribution >= 4 is 69.4 Å². The maximum atomic E-state index is 12.6. The van der Waals surface area contributed by atoms with Crippen LogP contribution in [0.4, 0.5) is 23.0 Å². The number of aromatic amines is 2. The molecule has 2 aliphatic heterocycles. The van der Waals surface area contributed by atoms with Crippen molar-refractivity contribution in [3.63, 3.8) is 0 Å². The van der Waals surface area contributed by atoms with E-state index >= 15 is 0 Å². The lowest BCUT2D eigenvalue weighted by atomic mass is 9.86. The SMILES string of the molecule is O=C(NC1CC1)C1CCc2[nH]c3ncnc(Nc4ccc5c(c4)C=NC5)c3c2C1.O=C(O)C1CCc2[nH]c3ncnc(Nc4ccc5c(c4)C=NC5)c3c2C1. The highest BCUT2D eigenvalue weighted by Gasteiger charge is 2.32. The third-order valence-electron chi connectivity index (χ3n) is 11.4. The van der Waals surface area contributed by atoms with Gasteiger partial charge in [0.15, 0.2) is 0 Å². The summed E-state index contributed by atoms with van der Waals surface area (Å²) >= 11 is 0. The molecule has 276 valence electrons. The Morgan fingerprint density at radius 1 is 0.673 bits per heavy atom. The first-order chi connectivity index (χ1) is 26.9. The third-order valence-corrected chi connectivity index (χ3v) is 11.4. The van der Waals surface area contributed by atoms with Crippen LogP contribution in [0.5, 0.6) is 0 Å². The predicted molar refractivity (Wildman–Crippen MR) is 210 cm³/mol. The van der Waals surface area contributed by atoms with E-state index in [1.54, 1.807) is 6.33 Å². The fraction of sp³-hybridized carbons (Fsp3) is 0.317. The summed E-state index contributed by atoms with van der Waals surface area (Å²) in [6.07, 6.45) is 13.5. The molecular weight excluding hydrogens is 695 g/mol. The average Bonchev–Trinajstić information content (AvgIpc) is 3.55. The summed E-state index contributed by atoms with van der Waals surface area (Å²) in [5.41, 5.74) is 12.7. The molecule has 3 aliphatic carbocycles. The Morgan fingerprint density at radius 3 is 1.73 bits per heavy atom. The molecule has 5 aliphatic rings. The van der Waals surface area contributed by atoms with E-state index in [0.717, 1.165) is 113 Å². The van der Waals surface area contributed by atoms with Crippen molar-refractivity contribution in [1.29, 1.82) is 0 Å². The van der Waals surface area contributed by atoms with Crippen LogP contribution in [0.1, 0.15) is 70.5 Å². The van der Waals surface area contributed by atoms with Gasteiger partial charge in [-0.3, -0.25) is 19.6 Å². The van der Waals surface area contributed by atoms with Crippen LogP contribution in [0.2, 0.25) is 0 Å². The van der Waals surface area contributed by atoms with E-state index in [2.05, 4.69) is 86.2 Å². The second kappa shape index (κ2) is 13.4. The van der Waals surface area contributed by atoms with E-state index in [1.165, 1.54) is 28.7 Å². The largest absolute Gasteiger partial charge is 0.481 e. The first-order valence-corrected chi connectivity index (χ1v) is 18.9. The van der Waals surface area contributed by atoms with E-state index in [4.69, 9.17) is 0 Å². The number of hydrogen-bond acceptors (Lipinski definition) is 10. The van der Waals surface area contributed by atoms with E-state index in [1.807, 2.05) is 18.5 Å². The molecule has 14 heteroatoms. The van der Waals surface area contributed by atoms with E-state index in [9.17, 15) is 14.7 Å². The van der Waals surface area contributed by atoms with Crippen molar-refractivity contribution in [1.82, 2.24) is 35.2 Å². The van der Waals surface area contributed by atoms with Gasteiger partial charge in [-0.25, -0.2) is 19.9 Å². The van der Waals surface area contributed by atoms with Crippen LogP contribution in [-0.4, -0.2) is 65.4 Å². The first kappa shape index (κ1) is 33.2. The van der Waals surface area contributed by atoms with Crippen molar-refractivity contribution in [2.24, 2.45) is 21.8 Å². The molecule has 2 aromatic carbocycles. The topological polar surface area (TPSA) is 198 Å². The Bertz CT molecular complexity index is 2580. The number of benzene rings is 2. The molecule has 55 heavy (non-hydrogen) atoms. The molecule has 0 saturated heterocycles. The predicted octanol–water partition coefficient (Wildman–Crippen LogP) is 5.84. The number of aryl methyl sites for hydroxylation is 2. The summed E-state index contributed by atoms with van der Waals surface area (Å²) in [6.45, 7) is 1.48. The lowest BCUT2D eigenvalue weighted by Gasteiger charge is -2.22. The Labute approximate surface area is 315 Å². The first-order valence-electron chi connectivity index (χ1n) is 18.9. The van der Waals surface area contributed by atoms with Gasteiger partial charge in [-0.2, -0.15) is 0 Å². The third kappa shape index (κ3) is 6.36. The van der Waals surface area contributed by atoms with Gasteiger partial charge in [0.25, 0.3) is 0 Å². The highest BCUT2D eigenvalue weighted by molar-refractivity contribution is 5.96. The van der Waals surface area contributed by atoms with Crippen LogP contribution in [0.3, 0.4) is 0 Å². The molecule has 1 fully saturated rings. The number of nitrogens with one attached hydrogen (secondary N) is 5. The number of aliphatic imine (C=N–C) groups is 2. The molecule has 14 nitrogen and oxygen atoms in total. The lowest BCUT2D eigenvalue weighted by Crippen LogP contribution is -2.35. The number of carbonyl (C=O) groups is 2. The fourth-order valence-electron chi connectivity index (χ4n) is 8.28. The van der Waals surface area contributed by atoms with Gasteiger partial charge in [-0.05, 0) is 109 Å². The molecule has 6 heterocycles. The van der Waals surface area contributed by atoms with Gasteiger partial charge in [0.1, 0.15) is 35.6 Å². The number of rotatable bonds is 7. The second-order valence-electron chi connectivity index (χ2n) is 15.1. The monoisotopic (exact) mass is 733 g/mol. The van der Waals surface area contributed by atoms with Crippen molar-refractivity contribution < 1.29 is 14.7 Å². The van der Waals surface area contributed by atoms with Gasteiger partial charge < -0.3 is 31.0 Å². The summed E-state index contributed by atoms with van der Waals surface area (Å²) in [5.74, 6) is 0.599. The standard InChI is InChI=1S/C22H22N6O.C19H17N5O2/c29-22(27-15-4-5-15)12-2-6-18-17(8-12)19-20(24-11-25-21(19)28-18)26-16-3-1-13-9-23-10-14(13)7-16;25-19(26)10-2-4-15-14(6-10)16-17(21-9-22-18(16)24-15)23-13-3-1-11-7-20-8-12(11)5-13/h1,3,7,10-12,15H,2,4-6,8-9H2,(H,27,29)(H2,24,25,26,28);1,3,5,8-10H,2,4,6-7H2,(H,25,26)(H2,21,22,23,24). The maximum absolute atomic E-state index is 12.6. The Morgan fingerprint density at radius 2 is 1.20 bits per heavy atom. The number of carbonyl (C=O) groups excluding carboxylic acids is 1. The number of amides is 1. The number of aromatic nitrogens is 6. The fourth-order valence-corrected chi connectivity index (χ4v) is 8.28. The molecule has 0 radical (unpaired) electrons. The number of hydrogen-bond donors (Lipinski definition) is 6. The maximum Gasteiger partial charge on any atom is 0.306 e. The second-order valence-corrected chi connectivity index (χ2v) is 15.1. The highest BCUT2D eigenvalue weighted by Crippen LogP contribution is 2.37. The zero-order valence-corrected chi connectivity index (χ0v) is 30.0. The number of H-pyrrole nitrogens is 2. The van der Waals surface area contributed by atoms with E-state index < -0.39 is 5.97 Å². The van der Waals surface area contributed by atoms with Crippen LogP contribution in [0.15, 0.2) is 59.0 Å². The molecule has 0 bridgehead atoms.